The number of hydrogen-bond acceptors (Lipinski definition) is 3. The van der Waals surface area contributed by atoms with E-state index in [0.717, 1.165) is 28.8 Å². The summed E-state index contributed by atoms with van der Waals surface area (Å²) in [5.74, 6) is -0.237. The highest BCUT2D eigenvalue weighted by atomic mass is 79.9. The van der Waals surface area contributed by atoms with Gasteiger partial charge in [-0.2, -0.15) is 0 Å². The number of anilines is 2. The maximum atomic E-state index is 12.4. The number of nitrogens with zero attached hydrogens (tertiary/aromatic N) is 1. The summed E-state index contributed by atoms with van der Waals surface area (Å²) >= 11 is 3.42. The molecule has 2 aromatic carbocycles. The summed E-state index contributed by atoms with van der Waals surface area (Å²) in [7, 11) is 0. The maximum Gasteiger partial charge on any atom is 0.274 e. The summed E-state index contributed by atoms with van der Waals surface area (Å²) in [5.41, 5.74) is 3.25. The summed E-state index contributed by atoms with van der Waals surface area (Å²) in [5, 5.41) is 6.19. The minimum Gasteiger partial charge on any atom is -0.385 e. The van der Waals surface area contributed by atoms with Crippen molar-refractivity contribution in [2.45, 2.75) is 6.42 Å². The monoisotopic (exact) mass is 395 g/mol. The standard InChI is InChI=1S/C20H18BrN3O/c21-17-8-4-5-9-18(17)24-20(25)19-14-16(11-13-23-19)22-12-10-15-6-2-1-3-7-15/h1-9,11,13-14H,10,12H2,(H,22,23)(H,24,25). The smallest absolute Gasteiger partial charge is 0.274 e. The van der Waals surface area contributed by atoms with Gasteiger partial charge in [-0.15, -0.1) is 0 Å². The lowest BCUT2D eigenvalue weighted by Crippen LogP contribution is -2.14. The molecule has 2 N–H and O–H groups in total. The molecule has 0 aliphatic heterocycles. The predicted octanol–water partition coefficient (Wildman–Crippen LogP) is 4.75. The number of para-hydroxylation sites is 1. The van der Waals surface area contributed by atoms with E-state index in [1.165, 1.54) is 5.56 Å². The number of nitrogens with one attached hydrogen (secondary N) is 2. The van der Waals surface area contributed by atoms with Crippen molar-refractivity contribution in [3.8, 4) is 0 Å². The fourth-order valence-electron chi connectivity index (χ4n) is 2.41. The lowest BCUT2D eigenvalue weighted by Gasteiger charge is -2.09. The van der Waals surface area contributed by atoms with Crippen molar-refractivity contribution in [1.29, 1.82) is 0 Å². The highest BCUT2D eigenvalue weighted by Gasteiger charge is 2.10. The molecule has 5 heteroatoms. The van der Waals surface area contributed by atoms with Crippen molar-refractivity contribution in [1.82, 2.24) is 4.98 Å². The van der Waals surface area contributed by atoms with Crippen molar-refractivity contribution in [3.05, 3.63) is 88.7 Å². The first-order valence-corrected chi connectivity index (χ1v) is 8.81. The van der Waals surface area contributed by atoms with Crippen LogP contribution in [0.2, 0.25) is 0 Å². The van der Waals surface area contributed by atoms with Crippen molar-refractivity contribution < 1.29 is 4.79 Å². The zero-order valence-electron chi connectivity index (χ0n) is 13.6. The van der Waals surface area contributed by atoms with E-state index in [2.05, 4.69) is 43.7 Å². The van der Waals surface area contributed by atoms with Crippen LogP contribution in [-0.4, -0.2) is 17.4 Å². The second-order valence-electron chi connectivity index (χ2n) is 5.53. The fraction of sp³-hybridized carbons (Fsp3) is 0.100. The molecule has 126 valence electrons. The Labute approximate surface area is 155 Å². The first-order chi connectivity index (χ1) is 12.2. The predicted molar refractivity (Wildman–Crippen MR) is 105 cm³/mol. The number of carbonyl (C=O) groups is 1. The van der Waals surface area contributed by atoms with E-state index in [1.54, 1.807) is 12.3 Å². The average Bonchev–Trinajstić information content (AvgIpc) is 2.65. The van der Waals surface area contributed by atoms with Crippen molar-refractivity contribution in [2.75, 3.05) is 17.2 Å². The molecule has 3 aromatic rings. The van der Waals surface area contributed by atoms with Gasteiger partial charge in [0.25, 0.3) is 5.91 Å². The number of aromatic nitrogens is 1. The second-order valence-corrected chi connectivity index (χ2v) is 6.38. The van der Waals surface area contributed by atoms with Crippen LogP contribution in [0.25, 0.3) is 0 Å². The zero-order chi connectivity index (χ0) is 17.5. The van der Waals surface area contributed by atoms with E-state index in [1.807, 2.05) is 48.5 Å². The number of benzene rings is 2. The third kappa shape index (κ3) is 4.90. The molecule has 1 aromatic heterocycles. The van der Waals surface area contributed by atoms with Gasteiger partial charge >= 0.3 is 0 Å². The van der Waals surface area contributed by atoms with Crippen LogP contribution in [0.3, 0.4) is 0 Å². The quantitative estimate of drug-likeness (QED) is 0.632. The lowest BCUT2D eigenvalue weighted by atomic mass is 10.1. The van der Waals surface area contributed by atoms with Crippen molar-refractivity contribution in [3.63, 3.8) is 0 Å². The molecule has 0 unspecified atom stereocenters. The second kappa shape index (κ2) is 8.44. The molecule has 0 fully saturated rings. The molecular formula is C20H18BrN3O. The molecule has 1 heterocycles. The van der Waals surface area contributed by atoms with Gasteiger partial charge in [-0.3, -0.25) is 9.78 Å². The zero-order valence-corrected chi connectivity index (χ0v) is 15.2. The molecule has 0 aliphatic carbocycles. The number of amides is 1. The number of pyridine rings is 1. The summed E-state index contributed by atoms with van der Waals surface area (Å²) in [6, 6.07) is 21.4. The van der Waals surface area contributed by atoms with Crippen molar-refractivity contribution in [2.24, 2.45) is 0 Å². The minimum atomic E-state index is -0.237. The summed E-state index contributed by atoms with van der Waals surface area (Å²) in [6.45, 7) is 0.791. The first-order valence-electron chi connectivity index (χ1n) is 8.02. The SMILES string of the molecule is O=C(Nc1ccccc1Br)c1cc(NCCc2ccccc2)ccn1. The fourth-order valence-corrected chi connectivity index (χ4v) is 2.79. The highest BCUT2D eigenvalue weighted by Crippen LogP contribution is 2.22. The third-order valence-corrected chi connectivity index (χ3v) is 4.39. The van der Waals surface area contributed by atoms with E-state index in [-0.39, 0.29) is 5.91 Å². The van der Waals surface area contributed by atoms with Crippen LogP contribution >= 0.6 is 15.9 Å². The first kappa shape index (κ1) is 17.2. The molecular weight excluding hydrogens is 378 g/mol. The highest BCUT2D eigenvalue weighted by molar-refractivity contribution is 9.10. The average molecular weight is 396 g/mol. The van der Waals surface area contributed by atoms with Crippen LogP contribution in [0.15, 0.2) is 77.4 Å². The lowest BCUT2D eigenvalue weighted by molar-refractivity contribution is 0.102. The van der Waals surface area contributed by atoms with Crippen LogP contribution in [0, 0.1) is 0 Å². The maximum absolute atomic E-state index is 12.4. The molecule has 25 heavy (non-hydrogen) atoms. The molecule has 0 aliphatic rings. The minimum absolute atomic E-state index is 0.237. The van der Waals surface area contributed by atoms with Gasteiger partial charge in [-0.1, -0.05) is 42.5 Å². The number of halogens is 1. The molecule has 1 amide bonds. The van der Waals surface area contributed by atoms with Gasteiger partial charge in [0.1, 0.15) is 5.69 Å². The molecule has 0 saturated carbocycles. The van der Waals surface area contributed by atoms with Crippen LogP contribution in [0.5, 0.6) is 0 Å². The largest absolute Gasteiger partial charge is 0.385 e. The van der Waals surface area contributed by atoms with E-state index in [0.29, 0.717) is 5.69 Å². The van der Waals surface area contributed by atoms with Gasteiger partial charge in [0, 0.05) is 22.9 Å². The Hall–Kier alpha value is -2.66. The Morgan fingerprint density at radius 2 is 1.76 bits per heavy atom. The van der Waals surface area contributed by atoms with Crippen LogP contribution in [0.1, 0.15) is 16.1 Å². The van der Waals surface area contributed by atoms with E-state index < -0.39 is 0 Å². The summed E-state index contributed by atoms with van der Waals surface area (Å²) in [4.78, 5) is 16.6. The Morgan fingerprint density at radius 3 is 2.56 bits per heavy atom. The molecule has 3 rings (SSSR count). The van der Waals surface area contributed by atoms with Crippen LogP contribution < -0.4 is 10.6 Å². The van der Waals surface area contributed by atoms with Crippen molar-refractivity contribution >= 4 is 33.2 Å². The topological polar surface area (TPSA) is 54.0 Å². The molecule has 0 bridgehead atoms. The number of rotatable bonds is 6. The van der Waals surface area contributed by atoms with Crippen LogP contribution in [0.4, 0.5) is 11.4 Å². The van der Waals surface area contributed by atoms with Gasteiger partial charge in [-0.25, -0.2) is 0 Å². The molecule has 0 atom stereocenters. The molecule has 4 nitrogen and oxygen atoms in total. The Kier molecular flexibility index (Phi) is 5.80. The Bertz CT molecular complexity index is 852. The van der Waals surface area contributed by atoms with Gasteiger partial charge in [0.15, 0.2) is 0 Å². The van der Waals surface area contributed by atoms with Crippen LogP contribution in [-0.2, 0) is 6.42 Å². The van der Waals surface area contributed by atoms with Gasteiger partial charge in [-0.05, 0) is 52.2 Å². The van der Waals surface area contributed by atoms with Gasteiger partial charge in [0.2, 0.25) is 0 Å². The van der Waals surface area contributed by atoms with E-state index >= 15 is 0 Å². The number of hydrogen-bond donors (Lipinski definition) is 2. The molecule has 0 spiro atoms. The third-order valence-electron chi connectivity index (χ3n) is 3.70. The van der Waals surface area contributed by atoms with Gasteiger partial charge < -0.3 is 10.6 Å². The summed E-state index contributed by atoms with van der Waals surface area (Å²) in [6.07, 6.45) is 2.56. The normalized spacial score (nSPS) is 10.3. The number of carbonyl (C=O) groups excluding carboxylic acids is 1. The molecule has 0 radical (unpaired) electrons. The molecule has 0 saturated heterocycles. The van der Waals surface area contributed by atoms with Gasteiger partial charge in [0.05, 0.1) is 5.69 Å². The Balaban J connectivity index is 1.61. The Morgan fingerprint density at radius 1 is 1.00 bits per heavy atom. The van der Waals surface area contributed by atoms with E-state index in [9.17, 15) is 4.79 Å². The van der Waals surface area contributed by atoms with E-state index in [4.69, 9.17) is 0 Å². The summed E-state index contributed by atoms with van der Waals surface area (Å²) < 4.78 is 0.834.